The number of methoxy groups -OCH3 is 1. The van der Waals surface area contributed by atoms with Gasteiger partial charge < -0.3 is 10.1 Å². The highest BCUT2D eigenvalue weighted by Crippen LogP contribution is 2.18. The second kappa shape index (κ2) is 9.36. The van der Waals surface area contributed by atoms with Crippen LogP contribution in [0, 0.1) is 6.92 Å². The van der Waals surface area contributed by atoms with Crippen molar-refractivity contribution in [3.05, 3.63) is 65.7 Å². The Labute approximate surface area is 149 Å². The first-order valence-electron chi connectivity index (χ1n) is 8.09. The minimum atomic E-state index is -3.45. The molecule has 0 radical (unpaired) electrons. The van der Waals surface area contributed by atoms with Crippen molar-refractivity contribution in [2.24, 2.45) is 0 Å². The van der Waals surface area contributed by atoms with Crippen LogP contribution in [-0.2, 0) is 10.0 Å². The zero-order valence-corrected chi connectivity index (χ0v) is 15.3. The Kier molecular flexibility index (Phi) is 7.18. The molecule has 0 saturated carbocycles. The number of benzene rings is 2. The maximum Gasteiger partial charge on any atom is 0.240 e. The van der Waals surface area contributed by atoms with Gasteiger partial charge >= 0.3 is 0 Å². The fraction of sp³-hybridized carbons (Fsp3) is 0.263. The number of aryl methyl sites for hydroxylation is 1. The van der Waals surface area contributed by atoms with E-state index >= 15 is 0 Å². The van der Waals surface area contributed by atoms with Crippen molar-refractivity contribution in [1.82, 2.24) is 10.0 Å². The summed E-state index contributed by atoms with van der Waals surface area (Å²) in [6.45, 7) is 3.44. The number of sulfonamides is 1. The van der Waals surface area contributed by atoms with Crippen LogP contribution in [0.5, 0.6) is 5.75 Å². The van der Waals surface area contributed by atoms with Crippen molar-refractivity contribution < 1.29 is 13.2 Å². The van der Waals surface area contributed by atoms with Crippen LogP contribution in [-0.4, -0.2) is 35.2 Å². The van der Waals surface area contributed by atoms with Gasteiger partial charge in [-0.1, -0.05) is 48.0 Å². The third-order valence-electron chi connectivity index (χ3n) is 3.62. The van der Waals surface area contributed by atoms with Crippen LogP contribution in [0.25, 0.3) is 6.08 Å². The summed E-state index contributed by atoms with van der Waals surface area (Å²) in [6, 6.07) is 14.6. The average molecular weight is 360 g/mol. The molecule has 0 fully saturated rings. The Bertz CT molecular complexity index is 800. The number of ether oxygens (including phenoxy) is 1. The van der Waals surface area contributed by atoms with Gasteiger partial charge in [0.25, 0.3) is 0 Å². The van der Waals surface area contributed by atoms with E-state index in [1.54, 1.807) is 31.4 Å². The van der Waals surface area contributed by atoms with Crippen LogP contribution in [0.4, 0.5) is 0 Å². The lowest BCUT2D eigenvalue weighted by Crippen LogP contribution is -2.31. The van der Waals surface area contributed by atoms with Crippen molar-refractivity contribution in [2.75, 3.05) is 26.7 Å². The molecule has 2 rings (SSSR count). The van der Waals surface area contributed by atoms with Gasteiger partial charge in [0.1, 0.15) is 5.75 Å². The second-order valence-corrected chi connectivity index (χ2v) is 7.33. The van der Waals surface area contributed by atoms with Gasteiger partial charge in [-0.2, -0.15) is 0 Å². The third-order valence-corrected chi connectivity index (χ3v) is 5.10. The first kappa shape index (κ1) is 19.2. The molecule has 0 spiro atoms. The summed E-state index contributed by atoms with van der Waals surface area (Å²) in [5, 5.41) is 3.17. The van der Waals surface area contributed by atoms with Crippen LogP contribution in [0.3, 0.4) is 0 Å². The first-order valence-corrected chi connectivity index (χ1v) is 9.58. The smallest absolute Gasteiger partial charge is 0.240 e. The Hall–Kier alpha value is -2.15. The molecule has 0 heterocycles. The summed E-state index contributed by atoms with van der Waals surface area (Å²) < 4.78 is 32.1. The van der Waals surface area contributed by atoms with E-state index in [9.17, 15) is 8.42 Å². The van der Waals surface area contributed by atoms with Crippen LogP contribution in [0.1, 0.15) is 11.1 Å². The van der Waals surface area contributed by atoms with Crippen molar-refractivity contribution in [1.29, 1.82) is 0 Å². The second-order valence-electron chi connectivity index (χ2n) is 5.56. The Morgan fingerprint density at radius 3 is 2.48 bits per heavy atom. The summed E-state index contributed by atoms with van der Waals surface area (Å²) in [5.74, 6) is 0.824. The molecule has 25 heavy (non-hydrogen) atoms. The fourth-order valence-corrected chi connectivity index (χ4v) is 3.28. The summed E-state index contributed by atoms with van der Waals surface area (Å²) in [6.07, 6.45) is 3.95. The molecule has 134 valence electrons. The molecule has 0 saturated heterocycles. The molecule has 2 N–H and O–H groups in total. The van der Waals surface area contributed by atoms with Gasteiger partial charge in [0.15, 0.2) is 0 Å². The summed E-state index contributed by atoms with van der Waals surface area (Å²) in [4.78, 5) is 0.286. The number of para-hydroxylation sites is 1. The van der Waals surface area contributed by atoms with Crippen molar-refractivity contribution in [3.8, 4) is 5.75 Å². The van der Waals surface area contributed by atoms with Gasteiger partial charge in [-0.15, -0.1) is 0 Å². The molecule has 0 aliphatic heterocycles. The fourth-order valence-electron chi connectivity index (χ4n) is 2.25. The largest absolute Gasteiger partial charge is 0.496 e. The van der Waals surface area contributed by atoms with Crippen LogP contribution in [0.15, 0.2) is 59.5 Å². The van der Waals surface area contributed by atoms with Crippen molar-refractivity contribution in [2.45, 2.75) is 11.8 Å². The maximum absolute atomic E-state index is 12.1. The SMILES string of the molecule is COc1ccccc1/C=C/CNCCNS(=O)(=O)c1ccc(C)cc1. The molecule has 6 heteroatoms. The van der Waals surface area contributed by atoms with E-state index in [0.29, 0.717) is 19.6 Å². The van der Waals surface area contributed by atoms with Gasteiger partial charge in [-0.3, -0.25) is 0 Å². The molecule has 0 aliphatic carbocycles. The predicted molar refractivity (Wildman–Crippen MR) is 101 cm³/mol. The summed E-state index contributed by atoms with van der Waals surface area (Å²) in [7, 11) is -1.80. The van der Waals surface area contributed by atoms with E-state index in [1.807, 2.05) is 43.3 Å². The number of nitrogens with one attached hydrogen (secondary N) is 2. The lowest BCUT2D eigenvalue weighted by Gasteiger charge is -2.07. The Balaban J connectivity index is 1.73. The molecule has 2 aromatic carbocycles. The van der Waals surface area contributed by atoms with Crippen molar-refractivity contribution in [3.63, 3.8) is 0 Å². The lowest BCUT2D eigenvalue weighted by atomic mass is 10.2. The Morgan fingerprint density at radius 2 is 1.76 bits per heavy atom. The minimum Gasteiger partial charge on any atom is -0.496 e. The molecular weight excluding hydrogens is 336 g/mol. The molecular formula is C19H24N2O3S. The van der Waals surface area contributed by atoms with Gasteiger partial charge in [-0.05, 0) is 25.1 Å². The molecule has 0 aromatic heterocycles. The maximum atomic E-state index is 12.1. The zero-order valence-electron chi connectivity index (χ0n) is 14.5. The topological polar surface area (TPSA) is 67.4 Å². The quantitative estimate of drug-likeness (QED) is 0.675. The van der Waals surface area contributed by atoms with Crippen LogP contribution >= 0.6 is 0 Å². The highest BCUT2D eigenvalue weighted by Gasteiger charge is 2.12. The highest BCUT2D eigenvalue weighted by molar-refractivity contribution is 7.89. The first-order chi connectivity index (χ1) is 12.0. The predicted octanol–water partition coefficient (Wildman–Crippen LogP) is 2.58. The highest BCUT2D eigenvalue weighted by atomic mass is 32.2. The molecule has 0 bridgehead atoms. The van der Waals surface area contributed by atoms with E-state index in [1.165, 1.54) is 0 Å². The van der Waals surface area contributed by atoms with E-state index in [0.717, 1.165) is 16.9 Å². The van der Waals surface area contributed by atoms with Crippen molar-refractivity contribution >= 4 is 16.1 Å². The van der Waals surface area contributed by atoms with Gasteiger partial charge in [0.2, 0.25) is 10.0 Å². The zero-order chi connectivity index (χ0) is 18.1. The van der Waals surface area contributed by atoms with E-state index in [4.69, 9.17) is 4.74 Å². The van der Waals surface area contributed by atoms with Gasteiger partial charge in [0, 0.05) is 25.2 Å². The number of rotatable bonds is 9. The molecule has 0 aliphatic rings. The van der Waals surface area contributed by atoms with E-state index < -0.39 is 10.0 Å². The van der Waals surface area contributed by atoms with E-state index in [2.05, 4.69) is 10.0 Å². The molecule has 0 amide bonds. The standard InChI is InChI=1S/C19H24N2O3S/c1-16-9-11-18(12-10-16)25(22,23)21-15-14-20-13-5-7-17-6-3-4-8-19(17)24-2/h3-12,20-21H,13-15H2,1-2H3/b7-5+. The average Bonchev–Trinajstić information content (AvgIpc) is 2.61. The van der Waals surface area contributed by atoms with Gasteiger partial charge in [-0.25, -0.2) is 13.1 Å². The van der Waals surface area contributed by atoms with Gasteiger partial charge in [0.05, 0.1) is 12.0 Å². The monoisotopic (exact) mass is 360 g/mol. The number of hydrogen-bond donors (Lipinski definition) is 2. The Morgan fingerprint density at radius 1 is 1.04 bits per heavy atom. The normalized spacial score (nSPS) is 11.8. The number of hydrogen-bond acceptors (Lipinski definition) is 4. The van der Waals surface area contributed by atoms with Crippen LogP contribution in [0.2, 0.25) is 0 Å². The lowest BCUT2D eigenvalue weighted by molar-refractivity contribution is 0.414. The molecule has 2 aromatic rings. The molecule has 0 unspecified atom stereocenters. The van der Waals surface area contributed by atoms with Crippen LogP contribution < -0.4 is 14.8 Å². The van der Waals surface area contributed by atoms with E-state index in [-0.39, 0.29) is 4.90 Å². The minimum absolute atomic E-state index is 0.286. The molecule has 5 nitrogen and oxygen atoms in total. The third kappa shape index (κ3) is 6.01. The summed E-state index contributed by atoms with van der Waals surface area (Å²) in [5.41, 5.74) is 2.04. The molecule has 0 atom stereocenters. The summed E-state index contributed by atoms with van der Waals surface area (Å²) >= 11 is 0.